The molecule has 0 saturated carbocycles. The Balaban J connectivity index is 2.90. The zero-order chi connectivity index (χ0) is 15.5. The van der Waals surface area contributed by atoms with Crippen molar-refractivity contribution in [3.8, 4) is 0 Å². The van der Waals surface area contributed by atoms with Crippen LogP contribution in [0.4, 0.5) is 14.9 Å². The average molecular weight is 282 g/mol. The first-order chi connectivity index (χ1) is 9.11. The van der Waals surface area contributed by atoms with E-state index in [4.69, 9.17) is 5.11 Å². The van der Waals surface area contributed by atoms with Crippen LogP contribution in [0.15, 0.2) is 18.2 Å². The number of nitrogens with one attached hydrogen (secondary N) is 1. The summed E-state index contributed by atoms with van der Waals surface area (Å²) in [5.74, 6) is -1.53. The van der Waals surface area contributed by atoms with Crippen LogP contribution < -0.4 is 5.32 Å². The molecule has 0 fully saturated rings. The summed E-state index contributed by atoms with van der Waals surface area (Å²) in [5, 5.41) is 11.4. The molecule has 0 aliphatic carbocycles. The minimum Gasteiger partial charge on any atom is -0.480 e. The van der Waals surface area contributed by atoms with Crippen molar-refractivity contribution in [3.63, 3.8) is 0 Å². The minimum absolute atomic E-state index is 0.290. The number of aryl methyl sites for hydroxylation is 1. The number of carbonyl (C=O) groups is 2. The number of carbonyl (C=O) groups excluding carboxylic acids is 1. The Morgan fingerprint density at radius 1 is 1.35 bits per heavy atom. The van der Waals surface area contributed by atoms with E-state index in [2.05, 4.69) is 5.32 Å². The highest BCUT2D eigenvalue weighted by Crippen LogP contribution is 2.18. The van der Waals surface area contributed by atoms with Gasteiger partial charge in [0.1, 0.15) is 12.4 Å². The molecule has 0 aliphatic heterocycles. The number of urea groups is 1. The maximum atomic E-state index is 13.4. The van der Waals surface area contributed by atoms with Gasteiger partial charge in [-0.3, -0.25) is 4.79 Å². The van der Waals surface area contributed by atoms with E-state index < -0.39 is 29.9 Å². The minimum atomic E-state index is -1.11. The van der Waals surface area contributed by atoms with Gasteiger partial charge in [-0.15, -0.1) is 0 Å². The molecule has 1 rings (SSSR count). The third-order valence-corrected chi connectivity index (χ3v) is 2.77. The molecule has 1 aromatic carbocycles. The summed E-state index contributed by atoms with van der Waals surface area (Å²) >= 11 is 0. The quantitative estimate of drug-likeness (QED) is 0.895. The molecule has 2 N–H and O–H groups in total. The maximum Gasteiger partial charge on any atom is 0.323 e. The van der Waals surface area contributed by atoms with E-state index in [1.54, 1.807) is 39.8 Å². The first kappa shape index (κ1) is 15.9. The van der Waals surface area contributed by atoms with Gasteiger partial charge in [-0.2, -0.15) is 0 Å². The molecule has 0 aromatic heterocycles. The Hall–Kier alpha value is -2.11. The Labute approximate surface area is 117 Å². The lowest BCUT2D eigenvalue weighted by Crippen LogP contribution is -2.50. The molecule has 20 heavy (non-hydrogen) atoms. The number of aliphatic carboxylic acids is 1. The molecule has 0 bridgehead atoms. The average Bonchev–Trinajstić information content (AvgIpc) is 2.29. The van der Waals surface area contributed by atoms with Crippen molar-refractivity contribution in [1.82, 2.24) is 4.90 Å². The molecule has 2 amide bonds. The molecule has 1 aromatic rings. The lowest BCUT2D eigenvalue weighted by atomic mass is 10.1. The summed E-state index contributed by atoms with van der Waals surface area (Å²) < 4.78 is 13.4. The summed E-state index contributed by atoms with van der Waals surface area (Å²) in [7, 11) is 0. The fourth-order valence-corrected chi connectivity index (χ4v) is 1.61. The number of amides is 2. The lowest BCUT2D eigenvalue weighted by Gasteiger charge is -2.34. The summed E-state index contributed by atoms with van der Waals surface area (Å²) in [6, 6.07) is 3.74. The standard InChI is InChI=1S/C14H19FN2O3/c1-9-5-6-10(7-11(9)15)16-13(20)17(8-12(18)19)14(2,3)4/h5-7H,8H2,1-4H3,(H,16,20)(H,18,19). The predicted octanol–water partition coefficient (Wildman–Crippen LogP) is 2.85. The summed E-state index contributed by atoms with van der Waals surface area (Å²) in [4.78, 5) is 24.1. The van der Waals surface area contributed by atoms with Crippen molar-refractivity contribution >= 4 is 17.7 Å². The second-order valence-electron chi connectivity index (χ2n) is 5.54. The second-order valence-corrected chi connectivity index (χ2v) is 5.54. The molecule has 0 saturated heterocycles. The van der Waals surface area contributed by atoms with E-state index >= 15 is 0 Å². The van der Waals surface area contributed by atoms with Gasteiger partial charge in [-0.05, 0) is 45.4 Å². The van der Waals surface area contributed by atoms with Gasteiger partial charge in [-0.1, -0.05) is 6.07 Å². The Morgan fingerprint density at radius 3 is 2.40 bits per heavy atom. The van der Waals surface area contributed by atoms with Crippen LogP contribution in [0.2, 0.25) is 0 Å². The topological polar surface area (TPSA) is 69.6 Å². The van der Waals surface area contributed by atoms with E-state index in [1.807, 2.05) is 0 Å². The van der Waals surface area contributed by atoms with Crippen molar-refractivity contribution in [2.75, 3.05) is 11.9 Å². The molecular weight excluding hydrogens is 263 g/mol. The molecular formula is C14H19FN2O3. The Morgan fingerprint density at radius 2 is 1.95 bits per heavy atom. The van der Waals surface area contributed by atoms with E-state index in [9.17, 15) is 14.0 Å². The third kappa shape index (κ3) is 4.22. The van der Waals surface area contributed by atoms with Crippen LogP contribution in [0.5, 0.6) is 0 Å². The number of nitrogens with zero attached hydrogens (tertiary/aromatic N) is 1. The largest absolute Gasteiger partial charge is 0.480 e. The van der Waals surface area contributed by atoms with Gasteiger partial charge in [0.15, 0.2) is 0 Å². The van der Waals surface area contributed by atoms with Gasteiger partial charge < -0.3 is 15.3 Å². The highest BCUT2D eigenvalue weighted by molar-refractivity contribution is 5.91. The van der Waals surface area contributed by atoms with Crippen LogP contribution in [0.1, 0.15) is 26.3 Å². The number of anilines is 1. The SMILES string of the molecule is Cc1ccc(NC(=O)N(CC(=O)O)C(C)(C)C)cc1F. The third-order valence-electron chi connectivity index (χ3n) is 2.77. The Bertz CT molecular complexity index is 524. The maximum absolute atomic E-state index is 13.4. The number of halogens is 1. The lowest BCUT2D eigenvalue weighted by molar-refractivity contribution is -0.138. The van der Waals surface area contributed by atoms with E-state index in [0.717, 1.165) is 0 Å². The summed E-state index contributed by atoms with van der Waals surface area (Å²) in [6.45, 7) is 6.37. The molecule has 0 spiro atoms. The smallest absolute Gasteiger partial charge is 0.323 e. The molecule has 0 radical (unpaired) electrons. The first-order valence-electron chi connectivity index (χ1n) is 6.18. The molecule has 110 valence electrons. The van der Waals surface area contributed by atoms with Gasteiger partial charge in [-0.25, -0.2) is 9.18 Å². The fraction of sp³-hybridized carbons (Fsp3) is 0.429. The van der Waals surface area contributed by atoms with Crippen LogP contribution >= 0.6 is 0 Å². The number of carboxylic acid groups (broad SMARTS) is 1. The van der Waals surface area contributed by atoms with Gasteiger partial charge in [0.25, 0.3) is 0 Å². The summed E-state index contributed by atoms with van der Waals surface area (Å²) in [5.41, 5.74) is 0.102. The number of benzene rings is 1. The van der Waals surface area contributed by atoms with Crippen molar-refractivity contribution in [2.24, 2.45) is 0 Å². The van der Waals surface area contributed by atoms with Gasteiger partial charge in [0.2, 0.25) is 0 Å². The van der Waals surface area contributed by atoms with E-state index in [0.29, 0.717) is 5.56 Å². The first-order valence-corrected chi connectivity index (χ1v) is 6.18. The monoisotopic (exact) mass is 282 g/mol. The molecule has 6 heteroatoms. The molecule has 5 nitrogen and oxygen atoms in total. The van der Waals surface area contributed by atoms with Crippen molar-refractivity contribution in [1.29, 1.82) is 0 Å². The van der Waals surface area contributed by atoms with Crippen LogP contribution in [0, 0.1) is 12.7 Å². The molecule has 0 atom stereocenters. The highest BCUT2D eigenvalue weighted by Gasteiger charge is 2.28. The zero-order valence-corrected chi connectivity index (χ0v) is 12.0. The van der Waals surface area contributed by atoms with Crippen LogP contribution in [0.25, 0.3) is 0 Å². The predicted molar refractivity (Wildman–Crippen MR) is 74.3 cm³/mol. The van der Waals surface area contributed by atoms with Crippen LogP contribution in [-0.4, -0.2) is 34.1 Å². The van der Waals surface area contributed by atoms with Crippen molar-refractivity contribution in [2.45, 2.75) is 33.2 Å². The van der Waals surface area contributed by atoms with Crippen LogP contribution in [-0.2, 0) is 4.79 Å². The summed E-state index contributed by atoms with van der Waals surface area (Å²) in [6.07, 6.45) is 0. The Kier molecular flexibility index (Phi) is 4.70. The van der Waals surface area contributed by atoms with Gasteiger partial charge in [0.05, 0.1) is 0 Å². The van der Waals surface area contributed by atoms with Gasteiger partial charge >= 0.3 is 12.0 Å². The normalized spacial score (nSPS) is 11.1. The van der Waals surface area contributed by atoms with Crippen LogP contribution in [0.3, 0.4) is 0 Å². The molecule has 0 heterocycles. The highest BCUT2D eigenvalue weighted by atomic mass is 19.1. The number of rotatable bonds is 3. The second kappa shape index (κ2) is 5.90. The number of hydrogen-bond donors (Lipinski definition) is 2. The number of carboxylic acids is 1. The van der Waals surface area contributed by atoms with Gasteiger partial charge in [0, 0.05) is 11.2 Å². The zero-order valence-electron chi connectivity index (χ0n) is 12.0. The fourth-order valence-electron chi connectivity index (χ4n) is 1.61. The van der Waals surface area contributed by atoms with E-state index in [1.165, 1.54) is 11.0 Å². The van der Waals surface area contributed by atoms with Crippen molar-refractivity contribution < 1.29 is 19.1 Å². The number of hydrogen-bond acceptors (Lipinski definition) is 2. The van der Waals surface area contributed by atoms with E-state index in [-0.39, 0.29) is 5.69 Å². The molecule has 0 aliphatic rings. The molecule has 0 unspecified atom stereocenters. The van der Waals surface area contributed by atoms with Crippen molar-refractivity contribution in [3.05, 3.63) is 29.6 Å².